The van der Waals surface area contributed by atoms with Crippen molar-refractivity contribution in [3.05, 3.63) is 64.9 Å². The molecule has 0 amide bonds. The number of anilines is 1. The van der Waals surface area contributed by atoms with Gasteiger partial charge in [0.1, 0.15) is 11.4 Å². The average Bonchev–Trinajstić information content (AvgIpc) is 2.67. The minimum atomic E-state index is -1.20. The standard InChI is InChI=1S/C20H24ClFN4O.HI/c1-20(27,15-2-6-17(22)7-3-15)14-24-19(23)26-12-10-25(11-13-26)18-8-4-16(21)5-9-18;/h2-9,27H,10-14H2,1H3,(H2,23,24);1H. The molecule has 2 aromatic carbocycles. The van der Waals surface area contributed by atoms with E-state index in [0.717, 1.165) is 36.9 Å². The number of halogens is 3. The number of hydrogen-bond donors (Lipinski definition) is 2. The van der Waals surface area contributed by atoms with Crippen molar-refractivity contribution in [3.63, 3.8) is 0 Å². The molecule has 2 aromatic rings. The zero-order valence-electron chi connectivity index (χ0n) is 15.7. The highest BCUT2D eigenvalue weighted by atomic mass is 127. The Morgan fingerprint density at radius 2 is 1.68 bits per heavy atom. The summed E-state index contributed by atoms with van der Waals surface area (Å²) in [6.45, 7) is 4.91. The summed E-state index contributed by atoms with van der Waals surface area (Å²) in [6.07, 6.45) is 0. The van der Waals surface area contributed by atoms with Crippen molar-refractivity contribution in [3.8, 4) is 0 Å². The minimum Gasteiger partial charge on any atom is -0.384 e. The maximum Gasteiger partial charge on any atom is 0.191 e. The van der Waals surface area contributed by atoms with E-state index in [0.29, 0.717) is 11.5 Å². The highest BCUT2D eigenvalue weighted by molar-refractivity contribution is 14.0. The van der Waals surface area contributed by atoms with E-state index < -0.39 is 5.60 Å². The fraction of sp³-hybridized carbons (Fsp3) is 0.350. The van der Waals surface area contributed by atoms with Crippen LogP contribution >= 0.6 is 35.6 Å². The second kappa shape index (κ2) is 9.76. The lowest BCUT2D eigenvalue weighted by molar-refractivity contribution is 0.0669. The molecule has 0 aliphatic carbocycles. The van der Waals surface area contributed by atoms with Crippen LogP contribution in [0.4, 0.5) is 10.1 Å². The van der Waals surface area contributed by atoms with E-state index in [2.05, 4.69) is 9.89 Å². The van der Waals surface area contributed by atoms with Gasteiger partial charge in [-0.25, -0.2) is 9.38 Å². The molecule has 1 aliphatic rings. The largest absolute Gasteiger partial charge is 0.384 e. The molecule has 28 heavy (non-hydrogen) atoms. The second-order valence-corrected chi connectivity index (χ2v) is 7.34. The van der Waals surface area contributed by atoms with E-state index >= 15 is 0 Å². The molecule has 0 aromatic heterocycles. The van der Waals surface area contributed by atoms with Crippen LogP contribution in [0.1, 0.15) is 12.5 Å². The Hall–Kier alpha value is -1.58. The van der Waals surface area contributed by atoms with Gasteiger partial charge in [-0.2, -0.15) is 0 Å². The van der Waals surface area contributed by atoms with Crippen molar-refractivity contribution >= 4 is 47.2 Å². The predicted octanol–water partition coefficient (Wildman–Crippen LogP) is 3.44. The Bertz CT molecular complexity index is 791. The Balaban J connectivity index is 0.00000280. The third-order valence-electron chi connectivity index (χ3n) is 4.81. The molecule has 8 heteroatoms. The first-order valence-electron chi connectivity index (χ1n) is 8.89. The van der Waals surface area contributed by atoms with E-state index in [1.165, 1.54) is 12.1 Å². The van der Waals surface area contributed by atoms with E-state index in [9.17, 15) is 9.50 Å². The van der Waals surface area contributed by atoms with Crippen molar-refractivity contribution in [2.75, 3.05) is 37.6 Å². The Labute approximate surface area is 187 Å². The molecule has 0 spiro atoms. The molecule has 0 saturated carbocycles. The number of nitrogens with two attached hydrogens (primary N) is 1. The van der Waals surface area contributed by atoms with E-state index in [1.54, 1.807) is 19.1 Å². The third kappa shape index (κ3) is 5.71. The van der Waals surface area contributed by atoms with Gasteiger partial charge < -0.3 is 20.6 Å². The summed E-state index contributed by atoms with van der Waals surface area (Å²) < 4.78 is 13.1. The fourth-order valence-corrected chi connectivity index (χ4v) is 3.21. The Morgan fingerprint density at radius 1 is 1.11 bits per heavy atom. The molecule has 152 valence electrons. The van der Waals surface area contributed by atoms with Crippen LogP contribution in [0.3, 0.4) is 0 Å². The summed E-state index contributed by atoms with van der Waals surface area (Å²) >= 11 is 5.94. The number of hydrogen-bond acceptors (Lipinski definition) is 3. The number of rotatable bonds is 4. The van der Waals surface area contributed by atoms with Crippen molar-refractivity contribution in [2.24, 2.45) is 10.7 Å². The van der Waals surface area contributed by atoms with Crippen LogP contribution in [-0.4, -0.2) is 48.7 Å². The molecular weight excluding hydrogens is 494 g/mol. The Morgan fingerprint density at radius 3 is 2.25 bits per heavy atom. The van der Waals surface area contributed by atoms with Crippen LogP contribution in [0, 0.1) is 5.82 Å². The molecule has 3 N–H and O–H groups in total. The smallest absolute Gasteiger partial charge is 0.191 e. The summed E-state index contributed by atoms with van der Waals surface area (Å²) in [5, 5.41) is 11.3. The fourth-order valence-electron chi connectivity index (χ4n) is 3.08. The number of piperazine rings is 1. The van der Waals surface area contributed by atoms with Gasteiger partial charge in [0.2, 0.25) is 0 Å². The lowest BCUT2D eigenvalue weighted by Gasteiger charge is -2.37. The SMILES string of the molecule is CC(O)(CN=C(N)N1CCN(c2ccc(Cl)cc2)CC1)c1ccc(F)cc1.I. The maximum atomic E-state index is 13.1. The van der Waals surface area contributed by atoms with Crippen molar-refractivity contribution in [1.82, 2.24) is 4.90 Å². The molecule has 0 bridgehead atoms. The van der Waals surface area contributed by atoms with Crippen LogP contribution < -0.4 is 10.6 Å². The van der Waals surface area contributed by atoms with E-state index in [-0.39, 0.29) is 36.3 Å². The highest BCUT2D eigenvalue weighted by Gasteiger charge is 2.24. The van der Waals surface area contributed by atoms with Gasteiger partial charge in [0.25, 0.3) is 0 Å². The van der Waals surface area contributed by atoms with Crippen LogP contribution in [0.15, 0.2) is 53.5 Å². The first-order valence-corrected chi connectivity index (χ1v) is 9.27. The average molecular weight is 519 g/mol. The van der Waals surface area contributed by atoms with Crippen molar-refractivity contribution in [1.29, 1.82) is 0 Å². The molecule has 0 radical (unpaired) electrons. The summed E-state index contributed by atoms with van der Waals surface area (Å²) in [4.78, 5) is 8.65. The topological polar surface area (TPSA) is 65.1 Å². The predicted molar refractivity (Wildman–Crippen MR) is 123 cm³/mol. The van der Waals surface area contributed by atoms with Gasteiger partial charge in [0.15, 0.2) is 5.96 Å². The molecular formula is C20H25ClFIN4O. The molecule has 1 unspecified atom stereocenters. The first kappa shape index (κ1) is 22.7. The number of aliphatic hydroxyl groups is 1. The van der Waals surface area contributed by atoms with Crippen LogP contribution in [-0.2, 0) is 5.60 Å². The number of guanidine groups is 1. The summed E-state index contributed by atoms with van der Waals surface area (Å²) in [7, 11) is 0. The van der Waals surface area contributed by atoms with Gasteiger partial charge >= 0.3 is 0 Å². The second-order valence-electron chi connectivity index (χ2n) is 6.91. The summed E-state index contributed by atoms with van der Waals surface area (Å²) in [5.41, 5.74) is 6.66. The lowest BCUT2D eigenvalue weighted by Crippen LogP contribution is -2.51. The number of benzene rings is 2. The molecule has 1 atom stereocenters. The molecule has 1 saturated heterocycles. The van der Waals surface area contributed by atoms with Gasteiger partial charge in [0.05, 0.1) is 6.54 Å². The molecule has 1 heterocycles. The van der Waals surface area contributed by atoms with Gasteiger partial charge in [-0.05, 0) is 48.9 Å². The quantitative estimate of drug-likeness (QED) is 0.370. The summed E-state index contributed by atoms with van der Waals surface area (Å²) in [6, 6.07) is 13.6. The van der Waals surface area contributed by atoms with Gasteiger partial charge in [-0.15, -0.1) is 24.0 Å². The molecule has 1 aliphatic heterocycles. The van der Waals surface area contributed by atoms with Crippen LogP contribution in [0.2, 0.25) is 5.02 Å². The molecule has 1 fully saturated rings. The zero-order valence-corrected chi connectivity index (χ0v) is 18.8. The third-order valence-corrected chi connectivity index (χ3v) is 5.06. The monoisotopic (exact) mass is 518 g/mol. The van der Waals surface area contributed by atoms with E-state index in [1.807, 2.05) is 29.2 Å². The van der Waals surface area contributed by atoms with Crippen molar-refractivity contribution < 1.29 is 9.50 Å². The minimum absolute atomic E-state index is 0. The molecule has 5 nitrogen and oxygen atoms in total. The number of nitrogens with zero attached hydrogens (tertiary/aromatic N) is 3. The van der Waals surface area contributed by atoms with E-state index in [4.69, 9.17) is 17.3 Å². The zero-order chi connectivity index (χ0) is 19.4. The van der Waals surface area contributed by atoms with Crippen LogP contribution in [0.5, 0.6) is 0 Å². The maximum absolute atomic E-state index is 13.1. The highest BCUT2D eigenvalue weighted by Crippen LogP contribution is 2.22. The Kier molecular flexibility index (Phi) is 7.91. The van der Waals surface area contributed by atoms with Gasteiger partial charge in [-0.3, -0.25) is 0 Å². The van der Waals surface area contributed by atoms with Crippen LogP contribution in [0.25, 0.3) is 0 Å². The van der Waals surface area contributed by atoms with Gasteiger partial charge in [-0.1, -0.05) is 23.7 Å². The number of aliphatic imine (C=N–C) groups is 1. The lowest BCUT2D eigenvalue weighted by atomic mass is 9.96. The summed E-state index contributed by atoms with van der Waals surface area (Å²) in [5.74, 6) is 0.0734. The van der Waals surface area contributed by atoms with Crippen molar-refractivity contribution in [2.45, 2.75) is 12.5 Å². The normalized spacial score (nSPS) is 17.1. The molecule has 3 rings (SSSR count). The first-order chi connectivity index (χ1) is 12.8. The van der Waals surface area contributed by atoms with Gasteiger partial charge in [0, 0.05) is 36.9 Å².